The maximum atomic E-state index is 13.2. The zero-order valence-electron chi connectivity index (χ0n) is 10.1. The minimum absolute atomic E-state index is 0.175. The number of nitrogens with zero attached hydrogens (tertiary/aromatic N) is 2. The highest BCUT2D eigenvalue weighted by atomic mass is 35.5. The van der Waals surface area contributed by atoms with E-state index in [2.05, 4.69) is 9.97 Å². The molecule has 100 valence electrons. The Bertz CT molecular complexity index is 595. The van der Waals surface area contributed by atoms with Crippen LogP contribution < -0.4 is 0 Å². The van der Waals surface area contributed by atoms with Gasteiger partial charge in [0.25, 0.3) is 0 Å². The summed E-state index contributed by atoms with van der Waals surface area (Å²) in [6.45, 7) is 1.98. The molecule has 1 aromatic carbocycles. The lowest BCUT2D eigenvalue weighted by atomic mass is 10.1. The Labute approximate surface area is 119 Å². The fourth-order valence-corrected chi connectivity index (χ4v) is 2.23. The van der Waals surface area contributed by atoms with Crippen molar-refractivity contribution in [2.45, 2.75) is 19.8 Å². The number of rotatable bonds is 3. The van der Waals surface area contributed by atoms with Crippen molar-refractivity contribution in [1.82, 2.24) is 9.97 Å². The van der Waals surface area contributed by atoms with Crippen LogP contribution in [0.2, 0.25) is 10.3 Å². The maximum absolute atomic E-state index is 13.2. The SMILES string of the molecule is CCCc1c(Cl)nc(-c2ccc(F)c(F)c2)nc1Cl. The van der Waals surface area contributed by atoms with Crippen molar-refractivity contribution in [3.05, 3.63) is 45.7 Å². The minimum Gasteiger partial charge on any atom is -0.216 e. The zero-order chi connectivity index (χ0) is 14.0. The molecule has 0 aliphatic heterocycles. The van der Waals surface area contributed by atoms with Gasteiger partial charge in [-0.05, 0) is 24.6 Å². The van der Waals surface area contributed by atoms with Crippen molar-refractivity contribution in [2.75, 3.05) is 0 Å². The predicted octanol–water partition coefficient (Wildman–Crippen LogP) is 4.68. The van der Waals surface area contributed by atoms with Gasteiger partial charge in [0.15, 0.2) is 17.5 Å². The Morgan fingerprint density at radius 3 is 2.21 bits per heavy atom. The van der Waals surface area contributed by atoms with Gasteiger partial charge >= 0.3 is 0 Å². The van der Waals surface area contributed by atoms with E-state index in [4.69, 9.17) is 23.2 Å². The van der Waals surface area contributed by atoms with Crippen LogP contribution in [-0.2, 0) is 6.42 Å². The second-order valence-electron chi connectivity index (χ2n) is 3.99. The molecule has 0 saturated heterocycles. The molecule has 0 aliphatic carbocycles. The molecule has 6 heteroatoms. The van der Waals surface area contributed by atoms with E-state index in [1.54, 1.807) is 0 Å². The maximum Gasteiger partial charge on any atom is 0.162 e. The van der Waals surface area contributed by atoms with Crippen molar-refractivity contribution >= 4 is 23.2 Å². The van der Waals surface area contributed by atoms with Gasteiger partial charge < -0.3 is 0 Å². The lowest BCUT2D eigenvalue weighted by molar-refractivity contribution is 0.509. The monoisotopic (exact) mass is 302 g/mol. The molecule has 1 aromatic heterocycles. The third kappa shape index (κ3) is 3.01. The minimum atomic E-state index is -0.967. The number of benzene rings is 1. The summed E-state index contributed by atoms with van der Waals surface area (Å²) in [6.07, 6.45) is 1.52. The van der Waals surface area contributed by atoms with E-state index in [9.17, 15) is 8.78 Å². The number of hydrogen-bond acceptors (Lipinski definition) is 2. The molecule has 0 spiro atoms. The van der Waals surface area contributed by atoms with Gasteiger partial charge in [0, 0.05) is 11.1 Å². The van der Waals surface area contributed by atoms with Gasteiger partial charge in [-0.25, -0.2) is 18.7 Å². The van der Waals surface area contributed by atoms with Crippen molar-refractivity contribution in [1.29, 1.82) is 0 Å². The molecular weight excluding hydrogens is 293 g/mol. The van der Waals surface area contributed by atoms with Crippen LogP contribution in [0.5, 0.6) is 0 Å². The lowest BCUT2D eigenvalue weighted by Gasteiger charge is -2.07. The van der Waals surface area contributed by atoms with E-state index in [0.29, 0.717) is 17.5 Å². The Morgan fingerprint density at radius 2 is 1.68 bits per heavy atom. The molecule has 0 amide bonds. The van der Waals surface area contributed by atoms with Gasteiger partial charge in [-0.3, -0.25) is 0 Å². The van der Waals surface area contributed by atoms with Crippen molar-refractivity contribution in [3.8, 4) is 11.4 Å². The van der Waals surface area contributed by atoms with Gasteiger partial charge in [-0.1, -0.05) is 36.5 Å². The quantitative estimate of drug-likeness (QED) is 0.769. The summed E-state index contributed by atoms with van der Waals surface area (Å²) in [7, 11) is 0. The van der Waals surface area contributed by atoms with E-state index in [0.717, 1.165) is 18.6 Å². The van der Waals surface area contributed by atoms with Crippen LogP contribution in [0.4, 0.5) is 8.78 Å². The first-order chi connectivity index (χ1) is 9.02. The van der Waals surface area contributed by atoms with Gasteiger partial charge in [0.05, 0.1) is 0 Å². The molecule has 0 fully saturated rings. The largest absolute Gasteiger partial charge is 0.216 e. The topological polar surface area (TPSA) is 25.8 Å². The fraction of sp³-hybridized carbons (Fsp3) is 0.231. The summed E-state index contributed by atoms with van der Waals surface area (Å²) in [5.41, 5.74) is 0.989. The van der Waals surface area contributed by atoms with Crippen LogP contribution in [0, 0.1) is 11.6 Å². The molecule has 0 bridgehead atoms. The van der Waals surface area contributed by atoms with E-state index in [1.807, 2.05) is 6.92 Å². The Kier molecular flexibility index (Phi) is 4.32. The van der Waals surface area contributed by atoms with Crippen molar-refractivity contribution in [2.24, 2.45) is 0 Å². The van der Waals surface area contributed by atoms with E-state index in [-0.39, 0.29) is 16.1 Å². The summed E-state index contributed by atoms with van der Waals surface area (Å²) < 4.78 is 26.0. The lowest BCUT2D eigenvalue weighted by Crippen LogP contribution is -1.98. The van der Waals surface area contributed by atoms with E-state index >= 15 is 0 Å². The van der Waals surface area contributed by atoms with E-state index < -0.39 is 11.6 Å². The zero-order valence-corrected chi connectivity index (χ0v) is 11.6. The van der Waals surface area contributed by atoms with Gasteiger partial charge in [0.2, 0.25) is 0 Å². The second-order valence-corrected chi connectivity index (χ2v) is 4.70. The highest BCUT2D eigenvalue weighted by Gasteiger charge is 2.13. The first kappa shape index (κ1) is 14.2. The molecule has 2 nitrogen and oxygen atoms in total. The van der Waals surface area contributed by atoms with Crippen LogP contribution in [0.1, 0.15) is 18.9 Å². The van der Waals surface area contributed by atoms with Crippen LogP contribution in [0.25, 0.3) is 11.4 Å². The molecule has 0 aliphatic rings. The standard InChI is InChI=1S/C13H10Cl2F2N2/c1-2-3-8-11(14)18-13(19-12(8)15)7-4-5-9(16)10(17)6-7/h4-6H,2-3H2,1H3. The summed E-state index contributed by atoms with van der Waals surface area (Å²) in [4.78, 5) is 8.15. The molecule has 0 saturated carbocycles. The smallest absolute Gasteiger partial charge is 0.162 e. The average Bonchev–Trinajstić information content (AvgIpc) is 2.37. The van der Waals surface area contributed by atoms with E-state index in [1.165, 1.54) is 6.07 Å². The summed E-state index contributed by atoms with van der Waals surface area (Å²) in [5, 5.41) is 0.475. The Hall–Kier alpha value is -1.26. The van der Waals surface area contributed by atoms with Crippen LogP contribution in [0.15, 0.2) is 18.2 Å². The molecule has 2 rings (SSSR count). The molecule has 2 aromatic rings. The predicted molar refractivity (Wildman–Crippen MR) is 71.4 cm³/mol. The molecule has 0 N–H and O–H groups in total. The molecular formula is C13H10Cl2F2N2. The number of hydrogen-bond donors (Lipinski definition) is 0. The summed E-state index contributed by atoms with van der Waals surface area (Å²) >= 11 is 12.1. The fourth-order valence-electron chi connectivity index (χ4n) is 1.65. The van der Waals surface area contributed by atoms with Crippen molar-refractivity contribution in [3.63, 3.8) is 0 Å². The normalized spacial score (nSPS) is 10.8. The highest BCUT2D eigenvalue weighted by molar-refractivity contribution is 6.34. The summed E-state index contributed by atoms with van der Waals surface area (Å²) in [6, 6.07) is 3.40. The van der Waals surface area contributed by atoms with Gasteiger partial charge in [-0.15, -0.1) is 0 Å². The van der Waals surface area contributed by atoms with Crippen LogP contribution in [-0.4, -0.2) is 9.97 Å². The third-order valence-corrected chi connectivity index (χ3v) is 3.21. The molecule has 1 heterocycles. The van der Waals surface area contributed by atoms with Gasteiger partial charge in [-0.2, -0.15) is 0 Å². The first-order valence-electron chi connectivity index (χ1n) is 5.70. The van der Waals surface area contributed by atoms with Gasteiger partial charge in [0.1, 0.15) is 10.3 Å². The summed E-state index contributed by atoms with van der Waals surface area (Å²) in [5.74, 6) is -1.72. The first-order valence-corrected chi connectivity index (χ1v) is 6.45. The highest BCUT2D eigenvalue weighted by Crippen LogP contribution is 2.27. The Balaban J connectivity index is 2.48. The van der Waals surface area contributed by atoms with Crippen LogP contribution in [0.3, 0.4) is 0 Å². The van der Waals surface area contributed by atoms with Crippen LogP contribution >= 0.6 is 23.2 Å². The molecule has 19 heavy (non-hydrogen) atoms. The second kappa shape index (κ2) is 5.80. The molecule has 0 unspecified atom stereocenters. The third-order valence-electron chi connectivity index (χ3n) is 2.58. The number of halogens is 4. The van der Waals surface area contributed by atoms with Crippen molar-refractivity contribution < 1.29 is 8.78 Å². The molecule has 0 radical (unpaired) electrons. The number of aromatic nitrogens is 2. The average molecular weight is 303 g/mol. The Morgan fingerprint density at radius 1 is 1.05 bits per heavy atom. The molecule has 0 atom stereocenters.